The Hall–Kier alpha value is -1.99. The van der Waals surface area contributed by atoms with Gasteiger partial charge in [-0.25, -0.2) is 0 Å². The number of hydroxylamine groups is 1. The number of non-ortho nitro benzene ring substituents is 1. The fraction of sp³-hybridized carbons (Fsp3) is 0.364. The van der Waals surface area contributed by atoms with Gasteiger partial charge in [-0.1, -0.05) is 12.1 Å². The van der Waals surface area contributed by atoms with Crippen LogP contribution in [0.1, 0.15) is 24.9 Å². The third-order valence-corrected chi connectivity index (χ3v) is 2.34. The number of nitro groups is 1. The van der Waals surface area contributed by atoms with Crippen LogP contribution in [0.25, 0.3) is 0 Å². The van der Waals surface area contributed by atoms with Gasteiger partial charge in [0.2, 0.25) is 0 Å². The lowest BCUT2D eigenvalue weighted by molar-refractivity contribution is -0.384. The van der Waals surface area contributed by atoms with E-state index in [1.54, 1.807) is 6.92 Å². The first-order valence-electron chi connectivity index (χ1n) is 5.38. The number of ether oxygens (including phenoxy) is 1. The van der Waals surface area contributed by atoms with Crippen molar-refractivity contribution < 1.29 is 19.7 Å². The zero-order chi connectivity index (χ0) is 13.5. The number of benzene rings is 1. The van der Waals surface area contributed by atoms with Crippen LogP contribution in [-0.2, 0) is 9.53 Å². The molecule has 7 heteroatoms. The summed E-state index contributed by atoms with van der Waals surface area (Å²) in [7, 11) is 0. The lowest BCUT2D eigenvalue weighted by Gasteiger charge is -2.14. The van der Waals surface area contributed by atoms with Gasteiger partial charge in [0.15, 0.2) is 0 Å². The smallest absolute Gasteiger partial charge is 0.307 e. The van der Waals surface area contributed by atoms with Crippen molar-refractivity contribution in [3.63, 3.8) is 0 Å². The molecule has 0 saturated carbocycles. The van der Waals surface area contributed by atoms with E-state index in [0.29, 0.717) is 5.56 Å². The number of carbonyl (C=O) groups is 1. The molecule has 0 aliphatic heterocycles. The largest absolute Gasteiger partial charge is 0.466 e. The summed E-state index contributed by atoms with van der Waals surface area (Å²) in [4.78, 5) is 21.2. The number of hydrogen-bond donors (Lipinski definition) is 2. The lowest BCUT2D eigenvalue weighted by Crippen LogP contribution is -2.21. The maximum Gasteiger partial charge on any atom is 0.307 e. The van der Waals surface area contributed by atoms with Crippen LogP contribution >= 0.6 is 0 Å². The highest BCUT2D eigenvalue weighted by Gasteiger charge is 2.17. The molecule has 0 aromatic heterocycles. The zero-order valence-corrected chi connectivity index (χ0v) is 9.83. The van der Waals surface area contributed by atoms with E-state index in [1.807, 2.05) is 5.48 Å². The minimum atomic E-state index is -0.648. The van der Waals surface area contributed by atoms with Crippen LogP contribution in [0.4, 0.5) is 5.69 Å². The maximum absolute atomic E-state index is 11.3. The molecular weight excluding hydrogens is 240 g/mol. The number of hydrogen-bond acceptors (Lipinski definition) is 6. The summed E-state index contributed by atoms with van der Waals surface area (Å²) >= 11 is 0. The van der Waals surface area contributed by atoms with Crippen molar-refractivity contribution in [3.05, 3.63) is 39.9 Å². The van der Waals surface area contributed by atoms with Gasteiger partial charge in [-0.2, -0.15) is 5.48 Å². The average Bonchev–Trinajstić information content (AvgIpc) is 2.36. The summed E-state index contributed by atoms with van der Waals surface area (Å²) in [5, 5.41) is 19.5. The quantitative estimate of drug-likeness (QED) is 0.454. The molecule has 0 aliphatic carbocycles. The van der Waals surface area contributed by atoms with Crippen LogP contribution in [0.5, 0.6) is 0 Å². The van der Waals surface area contributed by atoms with Gasteiger partial charge < -0.3 is 9.94 Å². The summed E-state index contributed by atoms with van der Waals surface area (Å²) < 4.78 is 4.76. The molecule has 0 bridgehead atoms. The molecule has 1 atom stereocenters. The molecule has 2 N–H and O–H groups in total. The number of nitrogens with zero attached hydrogens (tertiary/aromatic N) is 1. The van der Waals surface area contributed by atoms with Gasteiger partial charge in [-0.3, -0.25) is 14.9 Å². The predicted molar refractivity (Wildman–Crippen MR) is 62.0 cm³/mol. The molecule has 18 heavy (non-hydrogen) atoms. The number of nitrogens with one attached hydrogen (secondary N) is 1. The molecule has 0 fully saturated rings. The van der Waals surface area contributed by atoms with E-state index in [-0.39, 0.29) is 18.7 Å². The number of carbonyl (C=O) groups excluding carboxylic acids is 1. The van der Waals surface area contributed by atoms with Crippen LogP contribution in [0.15, 0.2) is 24.3 Å². The summed E-state index contributed by atoms with van der Waals surface area (Å²) in [5.74, 6) is -0.456. The third-order valence-electron chi connectivity index (χ3n) is 2.34. The minimum absolute atomic E-state index is 0.0495. The van der Waals surface area contributed by atoms with E-state index < -0.39 is 16.9 Å². The molecule has 7 nitrogen and oxygen atoms in total. The first kappa shape index (κ1) is 14.1. The monoisotopic (exact) mass is 254 g/mol. The fourth-order valence-corrected chi connectivity index (χ4v) is 1.45. The average molecular weight is 254 g/mol. The minimum Gasteiger partial charge on any atom is -0.466 e. The van der Waals surface area contributed by atoms with E-state index in [9.17, 15) is 14.9 Å². The van der Waals surface area contributed by atoms with Crippen molar-refractivity contribution in [2.45, 2.75) is 19.4 Å². The molecule has 1 aromatic carbocycles. The summed E-state index contributed by atoms with van der Waals surface area (Å²) in [6, 6.07) is 4.93. The number of nitro benzene ring substituents is 1. The van der Waals surface area contributed by atoms with E-state index in [2.05, 4.69) is 0 Å². The highest BCUT2D eigenvalue weighted by Crippen LogP contribution is 2.20. The molecule has 0 unspecified atom stereocenters. The Kier molecular flexibility index (Phi) is 5.22. The second-order valence-electron chi connectivity index (χ2n) is 3.54. The molecule has 0 spiro atoms. The van der Waals surface area contributed by atoms with Gasteiger partial charge in [0.25, 0.3) is 5.69 Å². The Bertz CT molecular complexity index is 418. The van der Waals surface area contributed by atoms with Crippen molar-refractivity contribution in [2.75, 3.05) is 6.61 Å². The summed E-state index contributed by atoms with van der Waals surface area (Å²) in [6.07, 6.45) is -0.0534. The van der Waals surface area contributed by atoms with Gasteiger partial charge in [0.05, 0.1) is 24.0 Å². The lowest BCUT2D eigenvalue weighted by atomic mass is 10.0. The van der Waals surface area contributed by atoms with E-state index >= 15 is 0 Å². The van der Waals surface area contributed by atoms with Gasteiger partial charge in [-0.05, 0) is 12.5 Å². The highest BCUT2D eigenvalue weighted by molar-refractivity contribution is 5.70. The standard InChI is InChI=1S/C11H14N2O5/c1-2-18-11(14)7-10(12-15)8-3-5-9(6-4-8)13(16)17/h3-6,10,12,15H,2,7H2,1H3/t10-/m0/s1. The Morgan fingerprint density at radius 2 is 2.11 bits per heavy atom. The van der Waals surface area contributed by atoms with Crippen molar-refractivity contribution in [3.8, 4) is 0 Å². The Morgan fingerprint density at radius 3 is 2.56 bits per heavy atom. The summed E-state index contributed by atoms with van der Waals surface area (Å²) in [5.41, 5.74) is 2.50. The second-order valence-corrected chi connectivity index (χ2v) is 3.54. The van der Waals surface area contributed by atoms with Crippen molar-refractivity contribution >= 4 is 11.7 Å². The Labute approximate surface area is 103 Å². The molecule has 1 aromatic rings. The molecule has 0 radical (unpaired) electrons. The van der Waals surface area contributed by atoms with E-state index in [4.69, 9.17) is 9.94 Å². The molecule has 0 amide bonds. The van der Waals surface area contributed by atoms with Crippen LogP contribution < -0.4 is 5.48 Å². The Balaban J connectivity index is 2.76. The second kappa shape index (κ2) is 6.67. The molecule has 0 saturated heterocycles. The molecule has 98 valence electrons. The first-order chi connectivity index (χ1) is 8.58. The number of esters is 1. The van der Waals surface area contributed by atoms with Gasteiger partial charge >= 0.3 is 5.97 Å². The molecule has 0 aliphatic rings. The van der Waals surface area contributed by atoms with Crippen LogP contribution in [-0.4, -0.2) is 22.7 Å². The summed E-state index contributed by atoms with van der Waals surface area (Å²) in [6.45, 7) is 1.95. The van der Waals surface area contributed by atoms with Crippen LogP contribution in [0.2, 0.25) is 0 Å². The fourth-order valence-electron chi connectivity index (χ4n) is 1.45. The van der Waals surface area contributed by atoms with E-state index in [1.165, 1.54) is 24.3 Å². The van der Waals surface area contributed by atoms with Gasteiger partial charge in [0, 0.05) is 12.1 Å². The number of rotatable bonds is 6. The van der Waals surface area contributed by atoms with E-state index in [0.717, 1.165) is 0 Å². The van der Waals surface area contributed by atoms with Crippen LogP contribution in [0.3, 0.4) is 0 Å². The van der Waals surface area contributed by atoms with Crippen molar-refractivity contribution in [2.24, 2.45) is 0 Å². The molecule has 0 heterocycles. The van der Waals surface area contributed by atoms with Crippen molar-refractivity contribution in [1.29, 1.82) is 0 Å². The first-order valence-corrected chi connectivity index (χ1v) is 5.38. The predicted octanol–water partition coefficient (Wildman–Crippen LogP) is 1.57. The topological polar surface area (TPSA) is 102 Å². The highest BCUT2D eigenvalue weighted by atomic mass is 16.6. The third kappa shape index (κ3) is 3.79. The van der Waals surface area contributed by atoms with Crippen LogP contribution in [0, 0.1) is 10.1 Å². The van der Waals surface area contributed by atoms with Gasteiger partial charge in [-0.15, -0.1) is 0 Å². The SMILES string of the molecule is CCOC(=O)C[C@H](NO)c1ccc([N+](=O)[O-])cc1. The molecular formula is C11H14N2O5. The maximum atomic E-state index is 11.3. The Morgan fingerprint density at radius 1 is 1.50 bits per heavy atom. The molecule has 1 rings (SSSR count). The zero-order valence-electron chi connectivity index (χ0n) is 9.83. The normalized spacial score (nSPS) is 11.9. The van der Waals surface area contributed by atoms with Crippen molar-refractivity contribution in [1.82, 2.24) is 5.48 Å². The van der Waals surface area contributed by atoms with Gasteiger partial charge in [0.1, 0.15) is 0 Å².